The molecule has 0 aliphatic heterocycles. The van der Waals surface area contributed by atoms with Crippen molar-refractivity contribution in [1.29, 1.82) is 0 Å². The molecule has 5 heteroatoms. The molecule has 1 aromatic rings. The fraction of sp³-hybridized carbons (Fsp3) is 0.538. The molecule has 0 aliphatic rings. The zero-order valence-electron chi connectivity index (χ0n) is 11.5. The van der Waals surface area contributed by atoms with Gasteiger partial charge in [0.2, 0.25) is 0 Å². The van der Waals surface area contributed by atoms with Crippen molar-refractivity contribution >= 4 is 40.2 Å². The first kappa shape index (κ1) is 16.2. The van der Waals surface area contributed by atoms with Gasteiger partial charge >= 0.3 is 0 Å². The lowest BCUT2D eigenvalue weighted by Gasteiger charge is -2.37. The highest BCUT2D eigenvalue weighted by Crippen LogP contribution is 2.42. The zero-order chi connectivity index (χ0) is 14.1. The Hall–Kier alpha value is 0.157. The molecule has 1 N–H and O–H groups in total. The zero-order valence-corrected chi connectivity index (χ0v) is 15.6. The Bertz CT molecular complexity index is 416. The number of benzene rings is 1. The summed E-state index contributed by atoms with van der Waals surface area (Å²) in [5.41, 5.74) is 0.858. The predicted octanol–water partition coefficient (Wildman–Crippen LogP) is 5.09. The first-order chi connectivity index (χ1) is 8.08. The molecule has 0 saturated heterocycles. The Morgan fingerprint density at radius 2 is 1.61 bits per heavy atom. The third kappa shape index (κ3) is 3.59. The monoisotopic (exact) mass is 394 g/mol. The number of hydrogen-bond donors (Lipinski definition) is 1. The number of halogens is 2. The van der Waals surface area contributed by atoms with Crippen molar-refractivity contribution < 1.29 is 9.53 Å². The third-order valence-corrected chi connectivity index (χ3v) is 8.91. The minimum Gasteiger partial charge on any atom is -0.542 e. The summed E-state index contributed by atoms with van der Waals surface area (Å²) in [5.74, 6) is 0.832. The van der Waals surface area contributed by atoms with Crippen LogP contribution < -0.4 is 4.43 Å². The van der Waals surface area contributed by atoms with E-state index in [1.54, 1.807) is 0 Å². The largest absolute Gasteiger partial charge is 0.542 e. The smallest absolute Gasteiger partial charge is 0.250 e. The van der Waals surface area contributed by atoms with Gasteiger partial charge < -0.3 is 9.53 Å². The van der Waals surface area contributed by atoms with Crippen LogP contribution >= 0.6 is 31.9 Å². The molecule has 0 bridgehead atoms. The van der Waals surface area contributed by atoms with Crippen molar-refractivity contribution in [1.82, 2.24) is 0 Å². The highest BCUT2D eigenvalue weighted by atomic mass is 79.9. The molecule has 0 saturated carbocycles. The lowest BCUT2D eigenvalue weighted by atomic mass is 10.2. The Morgan fingerprint density at radius 1 is 1.17 bits per heavy atom. The highest BCUT2D eigenvalue weighted by molar-refractivity contribution is 9.11. The first-order valence-corrected chi connectivity index (χ1v) is 10.4. The van der Waals surface area contributed by atoms with Gasteiger partial charge in [-0.2, -0.15) is 0 Å². The lowest BCUT2D eigenvalue weighted by molar-refractivity contribution is 0.281. The average molecular weight is 396 g/mol. The molecule has 0 heterocycles. The van der Waals surface area contributed by atoms with E-state index in [1.807, 2.05) is 12.1 Å². The van der Waals surface area contributed by atoms with E-state index in [2.05, 4.69) is 65.7 Å². The van der Waals surface area contributed by atoms with Gasteiger partial charge in [-0.25, -0.2) is 0 Å². The summed E-state index contributed by atoms with van der Waals surface area (Å²) in [6.07, 6.45) is 0. The molecule has 2 nitrogen and oxygen atoms in total. The fourth-order valence-electron chi connectivity index (χ4n) is 1.21. The molecule has 0 spiro atoms. The predicted molar refractivity (Wildman–Crippen MR) is 85.6 cm³/mol. The second-order valence-corrected chi connectivity index (χ2v) is 12.3. The Balaban J connectivity index is 3.13. The minimum atomic E-state index is -1.86. The van der Waals surface area contributed by atoms with Crippen molar-refractivity contribution in [3.63, 3.8) is 0 Å². The van der Waals surface area contributed by atoms with Crippen molar-refractivity contribution in [2.75, 3.05) is 0 Å². The quantitative estimate of drug-likeness (QED) is 0.722. The van der Waals surface area contributed by atoms with Gasteiger partial charge in [-0.3, -0.25) is 0 Å². The van der Waals surface area contributed by atoms with Gasteiger partial charge in [-0.1, -0.05) is 20.8 Å². The van der Waals surface area contributed by atoms with Crippen molar-refractivity contribution in [2.45, 2.75) is 45.5 Å². The van der Waals surface area contributed by atoms with Crippen LogP contribution in [0.2, 0.25) is 18.1 Å². The van der Waals surface area contributed by atoms with Crippen molar-refractivity contribution in [3.05, 3.63) is 26.6 Å². The molecular formula is C13H20Br2O2Si. The second-order valence-electron chi connectivity index (χ2n) is 5.91. The maximum absolute atomic E-state index is 9.17. The number of aliphatic hydroxyl groups excluding tert-OH is 1. The molecule has 18 heavy (non-hydrogen) atoms. The summed E-state index contributed by atoms with van der Waals surface area (Å²) in [6, 6.07) is 3.79. The molecule has 1 rings (SSSR count). The standard InChI is InChI=1S/C13H20Br2O2Si/c1-13(2,3)18(4,5)17-12-10(14)6-9(8-16)7-11(12)15/h6-7,16H,8H2,1-5H3. The van der Waals surface area contributed by atoms with E-state index in [0.717, 1.165) is 20.3 Å². The number of hydrogen-bond acceptors (Lipinski definition) is 2. The summed E-state index contributed by atoms with van der Waals surface area (Å²) >= 11 is 7.03. The van der Waals surface area contributed by atoms with Crippen LogP contribution in [0, 0.1) is 0 Å². The van der Waals surface area contributed by atoms with E-state index in [0.29, 0.717) is 0 Å². The molecule has 1 aromatic carbocycles. The van der Waals surface area contributed by atoms with Gasteiger partial charge in [0.1, 0.15) is 5.75 Å². The maximum atomic E-state index is 9.17. The molecule has 0 unspecified atom stereocenters. The third-order valence-electron chi connectivity index (χ3n) is 3.40. The topological polar surface area (TPSA) is 29.5 Å². The number of rotatable bonds is 3. The van der Waals surface area contributed by atoms with E-state index >= 15 is 0 Å². The summed E-state index contributed by atoms with van der Waals surface area (Å²) < 4.78 is 8.05. The molecule has 0 aliphatic carbocycles. The van der Waals surface area contributed by atoms with Crippen molar-refractivity contribution in [2.24, 2.45) is 0 Å². The normalized spacial score (nSPS) is 12.7. The van der Waals surface area contributed by atoms with Crippen LogP contribution in [-0.2, 0) is 6.61 Å². The summed E-state index contributed by atoms with van der Waals surface area (Å²) in [5, 5.41) is 9.32. The van der Waals surface area contributed by atoms with E-state index < -0.39 is 8.32 Å². The lowest BCUT2D eigenvalue weighted by Crippen LogP contribution is -2.44. The molecule has 0 fully saturated rings. The van der Waals surface area contributed by atoms with E-state index in [9.17, 15) is 0 Å². The summed E-state index contributed by atoms with van der Waals surface area (Å²) in [6.45, 7) is 11.1. The van der Waals surface area contributed by atoms with Gasteiger partial charge in [0.25, 0.3) is 8.32 Å². The van der Waals surface area contributed by atoms with E-state index in [4.69, 9.17) is 9.53 Å². The van der Waals surface area contributed by atoms with Crippen LogP contribution in [0.5, 0.6) is 5.75 Å². The van der Waals surface area contributed by atoms with Gasteiger partial charge in [0.15, 0.2) is 0 Å². The van der Waals surface area contributed by atoms with Crippen LogP contribution in [0.3, 0.4) is 0 Å². The van der Waals surface area contributed by atoms with Crippen LogP contribution in [0.4, 0.5) is 0 Å². The molecule has 102 valence electrons. The summed E-state index contributed by atoms with van der Waals surface area (Å²) in [7, 11) is -1.86. The summed E-state index contributed by atoms with van der Waals surface area (Å²) in [4.78, 5) is 0. The second kappa shape index (κ2) is 5.65. The van der Waals surface area contributed by atoms with Crippen LogP contribution in [0.25, 0.3) is 0 Å². The molecule has 0 atom stereocenters. The van der Waals surface area contributed by atoms with Gasteiger partial charge in [0.05, 0.1) is 15.6 Å². The highest BCUT2D eigenvalue weighted by Gasteiger charge is 2.39. The average Bonchev–Trinajstić information content (AvgIpc) is 2.21. The Kier molecular flexibility index (Phi) is 5.09. The van der Waals surface area contributed by atoms with E-state index in [1.165, 1.54) is 0 Å². The van der Waals surface area contributed by atoms with E-state index in [-0.39, 0.29) is 11.6 Å². The first-order valence-electron chi connectivity index (χ1n) is 5.86. The fourth-order valence-corrected chi connectivity index (χ4v) is 3.99. The van der Waals surface area contributed by atoms with Crippen molar-refractivity contribution in [3.8, 4) is 5.75 Å². The van der Waals surface area contributed by atoms with Gasteiger partial charge in [0, 0.05) is 0 Å². The maximum Gasteiger partial charge on any atom is 0.250 e. The van der Waals surface area contributed by atoms with Crippen LogP contribution in [0.15, 0.2) is 21.1 Å². The molecule has 0 radical (unpaired) electrons. The molecular weight excluding hydrogens is 376 g/mol. The molecule has 0 amide bonds. The SMILES string of the molecule is CC(C)(C)[Si](C)(C)Oc1c(Br)cc(CO)cc1Br. The molecule has 0 aromatic heterocycles. The minimum absolute atomic E-state index is 0.0254. The van der Waals surface area contributed by atoms with Gasteiger partial charge in [-0.15, -0.1) is 0 Å². The van der Waals surface area contributed by atoms with Crippen LogP contribution in [0.1, 0.15) is 26.3 Å². The van der Waals surface area contributed by atoms with Crippen LogP contribution in [-0.4, -0.2) is 13.4 Å². The number of aliphatic hydroxyl groups is 1. The van der Waals surface area contributed by atoms with Gasteiger partial charge in [-0.05, 0) is 67.7 Å². The Labute approximate surface area is 127 Å². The Morgan fingerprint density at radius 3 is 1.94 bits per heavy atom.